The van der Waals surface area contributed by atoms with Crippen LogP contribution in [-0.2, 0) is 7.05 Å². The van der Waals surface area contributed by atoms with Crippen LogP contribution in [0.2, 0.25) is 0 Å². The molecule has 0 aromatic carbocycles. The summed E-state index contributed by atoms with van der Waals surface area (Å²) in [7, 11) is 1.98. The lowest BCUT2D eigenvalue weighted by Gasteiger charge is -2.39. The lowest BCUT2D eigenvalue weighted by molar-refractivity contribution is 0.200. The molecule has 0 atom stereocenters. The molecule has 0 bridgehead atoms. The summed E-state index contributed by atoms with van der Waals surface area (Å²) in [4.78, 5) is 10.8. The second kappa shape index (κ2) is 3.45. The predicted molar refractivity (Wildman–Crippen MR) is 61.3 cm³/mol. The van der Waals surface area contributed by atoms with Gasteiger partial charge in [0.25, 0.3) is 0 Å². The maximum atomic E-state index is 9.00. The van der Waals surface area contributed by atoms with Gasteiger partial charge < -0.3 is 14.6 Å². The summed E-state index contributed by atoms with van der Waals surface area (Å²) in [5, 5.41) is 10.1. The van der Waals surface area contributed by atoms with Crippen molar-refractivity contribution >= 4 is 16.9 Å². The maximum absolute atomic E-state index is 9.00. The zero-order valence-corrected chi connectivity index (χ0v) is 9.17. The first-order chi connectivity index (χ1) is 7.79. The Labute approximate surface area is 93.3 Å². The van der Waals surface area contributed by atoms with Crippen LogP contribution >= 0.6 is 0 Å². The number of fused-ring (bicyclic) bond motifs is 1. The monoisotopic (exact) mass is 218 g/mol. The van der Waals surface area contributed by atoms with Crippen molar-refractivity contribution in [3.8, 4) is 0 Å². The van der Waals surface area contributed by atoms with E-state index in [1.54, 1.807) is 6.33 Å². The number of anilines is 1. The Hall–Kier alpha value is -1.62. The Balaban J connectivity index is 1.98. The van der Waals surface area contributed by atoms with Gasteiger partial charge in [0.1, 0.15) is 17.8 Å². The fraction of sp³-hybridized carbons (Fsp3) is 0.455. The molecule has 0 radical (unpaired) electrons. The molecule has 3 rings (SSSR count). The third-order valence-electron chi connectivity index (χ3n) is 3.16. The Morgan fingerprint density at radius 3 is 3.00 bits per heavy atom. The van der Waals surface area contributed by atoms with Crippen LogP contribution in [-0.4, -0.2) is 39.3 Å². The van der Waals surface area contributed by atoms with Crippen LogP contribution in [0, 0.1) is 5.92 Å². The summed E-state index contributed by atoms with van der Waals surface area (Å²) in [6.45, 7) is 2.04. The Bertz CT molecular complexity index is 516. The SMILES string of the molecule is Cn1ccc2c(N3CC(CO)C3)ncnc21. The number of hydrogen-bond acceptors (Lipinski definition) is 4. The summed E-state index contributed by atoms with van der Waals surface area (Å²) in [5.41, 5.74) is 0.956. The van der Waals surface area contributed by atoms with Crippen molar-refractivity contribution in [2.24, 2.45) is 13.0 Å². The average molecular weight is 218 g/mol. The summed E-state index contributed by atoms with van der Waals surface area (Å²) < 4.78 is 1.99. The quantitative estimate of drug-likeness (QED) is 0.792. The lowest BCUT2D eigenvalue weighted by Crippen LogP contribution is -2.48. The second-order valence-electron chi connectivity index (χ2n) is 4.31. The third kappa shape index (κ3) is 1.28. The molecular weight excluding hydrogens is 204 g/mol. The molecule has 2 aromatic rings. The van der Waals surface area contributed by atoms with E-state index in [9.17, 15) is 0 Å². The minimum absolute atomic E-state index is 0.263. The van der Waals surface area contributed by atoms with Gasteiger partial charge in [-0.2, -0.15) is 0 Å². The number of aryl methyl sites for hydroxylation is 1. The van der Waals surface area contributed by atoms with Crippen molar-refractivity contribution in [2.75, 3.05) is 24.6 Å². The lowest BCUT2D eigenvalue weighted by atomic mass is 10.0. The van der Waals surface area contributed by atoms with E-state index in [4.69, 9.17) is 5.11 Å². The van der Waals surface area contributed by atoms with Crippen LogP contribution < -0.4 is 4.90 Å². The normalized spacial score (nSPS) is 16.8. The van der Waals surface area contributed by atoms with Gasteiger partial charge in [-0.1, -0.05) is 0 Å². The van der Waals surface area contributed by atoms with E-state index in [1.807, 2.05) is 23.9 Å². The van der Waals surface area contributed by atoms with Crippen molar-refractivity contribution in [3.05, 3.63) is 18.6 Å². The van der Waals surface area contributed by atoms with Gasteiger partial charge in [0.05, 0.1) is 5.39 Å². The highest BCUT2D eigenvalue weighted by molar-refractivity contribution is 5.88. The smallest absolute Gasteiger partial charge is 0.145 e. The molecule has 5 heteroatoms. The molecule has 0 spiro atoms. The minimum atomic E-state index is 0.263. The van der Waals surface area contributed by atoms with Crippen molar-refractivity contribution < 1.29 is 5.11 Å². The summed E-state index contributed by atoms with van der Waals surface area (Å²) in [5.74, 6) is 1.38. The van der Waals surface area contributed by atoms with Crippen molar-refractivity contribution in [1.29, 1.82) is 0 Å². The molecule has 2 aromatic heterocycles. The number of hydrogen-bond donors (Lipinski definition) is 1. The molecule has 1 saturated heterocycles. The van der Waals surface area contributed by atoms with E-state index >= 15 is 0 Å². The standard InChI is InChI=1S/C11H14N4O/c1-14-3-2-9-10(14)12-7-13-11(9)15-4-8(5-15)6-16/h2-3,7-8,16H,4-6H2,1H3. The average Bonchev–Trinajstić information content (AvgIpc) is 2.60. The molecule has 5 nitrogen and oxygen atoms in total. The van der Waals surface area contributed by atoms with E-state index in [-0.39, 0.29) is 6.61 Å². The number of aromatic nitrogens is 3. The highest BCUT2D eigenvalue weighted by Crippen LogP contribution is 2.28. The van der Waals surface area contributed by atoms with Crippen LogP contribution in [0.5, 0.6) is 0 Å². The summed E-state index contributed by atoms with van der Waals surface area (Å²) in [6.07, 6.45) is 3.59. The third-order valence-corrected chi connectivity index (χ3v) is 3.16. The molecule has 1 fully saturated rings. The van der Waals surface area contributed by atoms with Gasteiger partial charge >= 0.3 is 0 Å². The van der Waals surface area contributed by atoms with Gasteiger partial charge in [0.15, 0.2) is 0 Å². The van der Waals surface area contributed by atoms with Crippen LogP contribution in [0.25, 0.3) is 11.0 Å². The summed E-state index contributed by atoms with van der Waals surface area (Å²) in [6, 6.07) is 2.04. The summed E-state index contributed by atoms with van der Waals surface area (Å²) >= 11 is 0. The van der Waals surface area contributed by atoms with E-state index in [1.165, 1.54) is 0 Å². The van der Waals surface area contributed by atoms with Crippen LogP contribution in [0.15, 0.2) is 18.6 Å². The molecule has 1 aliphatic rings. The van der Waals surface area contributed by atoms with Gasteiger partial charge in [-0.15, -0.1) is 0 Å². The first kappa shape index (κ1) is 9.59. The Morgan fingerprint density at radius 2 is 2.25 bits per heavy atom. The predicted octanol–water partition coefficient (Wildman–Crippen LogP) is 0.397. The molecule has 0 unspecified atom stereocenters. The second-order valence-corrected chi connectivity index (χ2v) is 4.31. The van der Waals surface area contributed by atoms with Crippen molar-refractivity contribution in [1.82, 2.24) is 14.5 Å². The molecule has 1 aliphatic heterocycles. The van der Waals surface area contributed by atoms with Gasteiger partial charge in [-0.25, -0.2) is 9.97 Å². The molecular formula is C11H14N4O. The number of rotatable bonds is 2. The molecule has 0 saturated carbocycles. The first-order valence-electron chi connectivity index (χ1n) is 5.41. The first-order valence-corrected chi connectivity index (χ1v) is 5.41. The van der Waals surface area contributed by atoms with Gasteiger partial charge in [-0.3, -0.25) is 0 Å². The molecule has 0 amide bonds. The highest BCUT2D eigenvalue weighted by atomic mass is 16.3. The number of nitrogens with zero attached hydrogens (tertiary/aromatic N) is 4. The minimum Gasteiger partial charge on any atom is -0.396 e. The van der Waals surface area contributed by atoms with Crippen LogP contribution in [0.3, 0.4) is 0 Å². The van der Waals surface area contributed by atoms with E-state index in [0.29, 0.717) is 5.92 Å². The number of aliphatic hydroxyl groups is 1. The zero-order chi connectivity index (χ0) is 11.1. The van der Waals surface area contributed by atoms with Crippen molar-refractivity contribution in [2.45, 2.75) is 0 Å². The molecule has 16 heavy (non-hydrogen) atoms. The van der Waals surface area contributed by atoms with E-state index in [0.717, 1.165) is 29.9 Å². The van der Waals surface area contributed by atoms with E-state index < -0.39 is 0 Å². The van der Waals surface area contributed by atoms with Crippen molar-refractivity contribution in [3.63, 3.8) is 0 Å². The van der Waals surface area contributed by atoms with Gasteiger partial charge in [0.2, 0.25) is 0 Å². The fourth-order valence-corrected chi connectivity index (χ4v) is 2.17. The highest BCUT2D eigenvalue weighted by Gasteiger charge is 2.28. The Kier molecular flexibility index (Phi) is 2.07. The fourth-order valence-electron chi connectivity index (χ4n) is 2.17. The van der Waals surface area contributed by atoms with Gasteiger partial charge in [-0.05, 0) is 6.07 Å². The van der Waals surface area contributed by atoms with E-state index in [2.05, 4.69) is 14.9 Å². The molecule has 84 valence electrons. The zero-order valence-electron chi connectivity index (χ0n) is 9.17. The van der Waals surface area contributed by atoms with Crippen LogP contribution in [0.4, 0.5) is 5.82 Å². The largest absolute Gasteiger partial charge is 0.396 e. The maximum Gasteiger partial charge on any atom is 0.145 e. The Morgan fingerprint density at radius 1 is 1.44 bits per heavy atom. The molecule has 1 N–H and O–H groups in total. The molecule has 3 heterocycles. The van der Waals surface area contributed by atoms with Gasteiger partial charge in [0, 0.05) is 38.9 Å². The number of aliphatic hydroxyl groups excluding tert-OH is 1. The van der Waals surface area contributed by atoms with Crippen LogP contribution in [0.1, 0.15) is 0 Å². The molecule has 0 aliphatic carbocycles. The topological polar surface area (TPSA) is 54.2 Å².